The van der Waals surface area contributed by atoms with Crippen LogP contribution in [0.15, 0.2) is 29.6 Å². The van der Waals surface area contributed by atoms with E-state index in [-0.39, 0.29) is 5.91 Å². The summed E-state index contributed by atoms with van der Waals surface area (Å²) < 4.78 is 16.6. The number of aromatic nitrogens is 1. The van der Waals surface area contributed by atoms with Crippen LogP contribution in [-0.2, 0) is 20.7 Å². The van der Waals surface area contributed by atoms with Crippen LogP contribution in [0.1, 0.15) is 24.3 Å². The number of hydrogen-bond acceptors (Lipinski definition) is 6. The summed E-state index contributed by atoms with van der Waals surface area (Å²) in [4.78, 5) is 19.1. The summed E-state index contributed by atoms with van der Waals surface area (Å²) in [6.45, 7) is 2.73. The van der Waals surface area contributed by atoms with Crippen LogP contribution in [0.25, 0.3) is 11.3 Å². The standard InChI is InChI=1S/C20H24N2O4S/c1-24-16-4-2-15(3-5-16)17-14-27-18(21-17)6-7-19(23)22-10-8-20(9-11-22)25-12-13-26-20/h2-5,14H,6-13H2,1H3. The lowest BCUT2D eigenvalue weighted by molar-refractivity contribution is -0.187. The normalized spacial score (nSPS) is 18.8. The molecule has 0 aliphatic carbocycles. The SMILES string of the molecule is COc1ccc(-c2csc(CCC(=O)N3CCC4(CC3)OCCO4)n2)cc1. The van der Waals surface area contributed by atoms with Gasteiger partial charge in [-0.2, -0.15) is 0 Å². The summed E-state index contributed by atoms with van der Waals surface area (Å²) in [5, 5.41) is 3.03. The molecule has 0 saturated carbocycles. The second-order valence-corrected chi connectivity index (χ2v) is 7.79. The molecule has 7 heteroatoms. The molecule has 0 atom stereocenters. The van der Waals surface area contributed by atoms with Gasteiger partial charge < -0.3 is 19.1 Å². The van der Waals surface area contributed by atoms with Gasteiger partial charge in [0.15, 0.2) is 5.79 Å². The number of carbonyl (C=O) groups excluding carboxylic acids is 1. The van der Waals surface area contributed by atoms with Crippen molar-refractivity contribution in [3.8, 4) is 17.0 Å². The van der Waals surface area contributed by atoms with Crippen LogP contribution in [0, 0.1) is 0 Å². The molecule has 1 amide bonds. The van der Waals surface area contributed by atoms with Crippen LogP contribution in [0.5, 0.6) is 5.75 Å². The zero-order valence-electron chi connectivity index (χ0n) is 15.5. The first kappa shape index (κ1) is 18.4. The number of nitrogens with zero attached hydrogens (tertiary/aromatic N) is 2. The summed E-state index contributed by atoms with van der Waals surface area (Å²) >= 11 is 1.61. The number of aryl methyl sites for hydroxylation is 1. The van der Waals surface area contributed by atoms with Crippen molar-refractivity contribution in [2.24, 2.45) is 0 Å². The van der Waals surface area contributed by atoms with Gasteiger partial charge in [0.05, 0.1) is 31.0 Å². The third-order valence-electron chi connectivity index (χ3n) is 5.18. The molecule has 0 N–H and O–H groups in total. The zero-order valence-corrected chi connectivity index (χ0v) is 16.3. The fourth-order valence-electron chi connectivity index (χ4n) is 3.57. The minimum Gasteiger partial charge on any atom is -0.497 e. The average molecular weight is 388 g/mol. The number of methoxy groups -OCH3 is 1. The molecule has 0 unspecified atom stereocenters. The van der Waals surface area contributed by atoms with Crippen molar-refractivity contribution in [1.82, 2.24) is 9.88 Å². The molecular formula is C20H24N2O4S. The van der Waals surface area contributed by atoms with E-state index in [0.29, 0.717) is 39.1 Å². The number of ether oxygens (including phenoxy) is 3. The van der Waals surface area contributed by atoms with Crippen molar-refractivity contribution in [2.75, 3.05) is 33.4 Å². The highest BCUT2D eigenvalue weighted by Crippen LogP contribution is 2.31. The number of rotatable bonds is 5. The highest BCUT2D eigenvalue weighted by atomic mass is 32.1. The fraction of sp³-hybridized carbons (Fsp3) is 0.500. The number of amides is 1. The molecule has 2 saturated heterocycles. The zero-order chi connectivity index (χ0) is 18.7. The van der Waals surface area contributed by atoms with E-state index in [1.165, 1.54) is 0 Å². The molecular weight excluding hydrogens is 364 g/mol. The van der Waals surface area contributed by atoms with Gasteiger partial charge in [-0.1, -0.05) is 0 Å². The smallest absolute Gasteiger partial charge is 0.222 e. The van der Waals surface area contributed by atoms with Gasteiger partial charge in [0.2, 0.25) is 5.91 Å². The van der Waals surface area contributed by atoms with Crippen molar-refractivity contribution in [2.45, 2.75) is 31.5 Å². The van der Waals surface area contributed by atoms with E-state index in [2.05, 4.69) is 4.98 Å². The quantitative estimate of drug-likeness (QED) is 0.788. The lowest BCUT2D eigenvalue weighted by Crippen LogP contribution is -2.47. The van der Waals surface area contributed by atoms with Gasteiger partial charge in [0.1, 0.15) is 5.75 Å². The number of likely N-dealkylation sites (tertiary alicyclic amines) is 1. The summed E-state index contributed by atoms with van der Waals surface area (Å²) in [6.07, 6.45) is 2.69. The monoisotopic (exact) mass is 388 g/mol. The molecule has 2 aromatic rings. The maximum Gasteiger partial charge on any atom is 0.222 e. The van der Waals surface area contributed by atoms with Crippen LogP contribution >= 0.6 is 11.3 Å². The number of hydrogen-bond donors (Lipinski definition) is 0. The van der Waals surface area contributed by atoms with E-state index >= 15 is 0 Å². The van der Waals surface area contributed by atoms with Crippen molar-refractivity contribution < 1.29 is 19.0 Å². The molecule has 27 heavy (non-hydrogen) atoms. The van der Waals surface area contributed by atoms with E-state index in [0.717, 1.165) is 34.9 Å². The predicted molar refractivity (Wildman–Crippen MR) is 103 cm³/mol. The molecule has 2 aliphatic rings. The lowest BCUT2D eigenvalue weighted by Gasteiger charge is -2.37. The summed E-state index contributed by atoms with van der Waals surface area (Å²) in [6, 6.07) is 7.86. The maximum atomic E-state index is 12.5. The number of carbonyl (C=O) groups is 1. The van der Waals surface area contributed by atoms with Crippen LogP contribution in [0.4, 0.5) is 0 Å². The molecule has 1 spiro atoms. The Bertz CT molecular complexity index is 774. The van der Waals surface area contributed by atoms with E-state index < -0.39 is 5.79 Å². The molecule has 4 rings (SSSR count). The molecule has 3 heterocycles. The molecule has 1 aromatic heterocycles. The first-order valence-electron chi connectivity index (χ1n) is 9.32. The van der Waals surface area contributed by atoms with Crippen molar-refractivity contribution in [3.63, 3.8) is 0 Å². The highest BCUT2D eigenvalue weighted by Gasteiger charge is 2.40. The Balaban J connectivity index is 1.29. The third-order valence-corrected chi connectivity index (χ3v) is 6.09. The van der Waals surface area contributed by atoms with Gasteiger partial charge in [-0.3, -0.25) is 4.79 Å². The Morgan fingerprint density at radius 3 is 2.59 bits per heavy atom. The Morgan fingerprint density at radius 2 is 1.93 bits per heavy atom. The van der Waals surface area contributed by atoms with Crippen LogP contribution in [0.3, 0.4) is 0 Å². The molecule has 0 radical (unpaired) electrons. The molecule has 0 bridgehead atoms. The lowest BCUT2D eigenvalue weighted by atomic mass is 10.0. The molecule has 2 fully saturated rings. The van der Waals surface area contributed by atoms with E-state index in [9.17, 15) is 4.79 Å². The molecule has 2 aliphatic heterocycles. The van der Waals surface area contributed by atoms with E-state index in [4.69, 9.17) is 14.2 Å². The Hall–Kier alpha value is -1.96. The number of benzene rings is 1. The number of thiazole rings is 1. The van der Waals surface area contributed by atoms with E-state index in [1.807, 2.05) is 34.5 Å². The largest absolute Gasteiger partial charge is 0.497 e. The van der Waals surface area contributed by atoms with Gasteiger partial charge in [0, 0.05) is 49.7 Å². The molecule has 6 nitrogen and oxygen atoms in total. The average Bonchev–Trinajstić information content (AvgIpc) is 3.37. The molecule has 1 aromatic carbocycles. The van der Waals surface area contributed by atoms with Gasteiger partial charge in [-0.15, -0.1) is 11.3 Å². The summed E-state index contributed by atoms with van der Waals surface area (Å²) in [7, 11) is 1.66. The third kappa shape index (κ3) is 4.15. The maximum absolute atomic E-state index is 12.5. The first-order chi connectivity index (χ1) is 13.2. The van der Waals surface area contributed by atoms with E-state index in [1.54, 1.807) is 18.4 Å². The summed E-state index contributed by atoms with van der Waals surface area (Å²) in [5.41, 5.74) is 2.00. The highest BCUT2D eigenvalue weighted by molar-refractivity contribution is 7.09. The second-order valence-electron chi connectivity index (χ2n) is 6.84. The van der Waals surface area contributed by atoms with Crippen LogP contribution in [0.2, 0.25) is 0 Å². The minimum absolute atomic E-state index is 0.184. The minimum atomic E-state index is -0.431. The van der Waals surface area contributed by atoms with Crippen LogP contribution in [-0.4, -0.2) is 55.0 Å². The van der Waals surface area contributed by atoms with Gasteiger partial charge in [0.25, 0.3) is 0 Å². The van der Waals surface area contributed by atoms with Gasteiger partial charge in [-0.05, 0) is 24.3 Å². The van der Waals surface area contributed by atoms with Crippen LogP contribution < -0.4 is 4.74 Å². The Kier molecular flexibility index (Phi) is 5.43. The van der Waals surface area contributed by atoms with Crippen molar-refractivity contribution >= 4 is 17.2 Å². The predicted octanol–water partition coefficient (Wildman–Crippen LogP) is 3.12. The Labute approximate surface area is 163 Å². The Morgan fingerprint density at radius 1 is 1.22 bits per heavy atom. The first-order valence-corrected chi connectivity index (χ1v) is 10.2. The second kappa shape index (κ2) is 7.96. The van der Waals surface area contributed by atoms with Gasteiger partial charge >= 0.3 is 0 Å². The summed E-state index contributed by atoms with van der Waals surface area (Å²) in [5.74, 6) is 0.583. The fourth-order valence-corrected chi connectivity index (χ4v) is 4.38. The topological polar surface area (TPSA) is 60.9 Å². The molecule has 144 valence electrons. The van der Waals surface area contributed by atoms with Crippen molar-refractivity contribution in [1.29, 1.82) is 0 Å². The van der Waals surface area contributed by atoms with Gasteiger partial charge in [-0.25, -0.2) is 4.98 Å². The van der Waals surface area contributed by atoms with Crippen molar-refractivity contribution in [3.05, 3.63) is 34.7 Å². The number of piperidine rings is 1.